The van der Waals surface area contributed by atoms with Crippen LogP contribution >= 0.6 is 0 Å². The number of aliphatic hydroxyl groups is 1. The number of hydrogen-bond donors (Lipinski definition) is 3. The highest BCUT2D eigenvalue weighted by atomic mass is 16.3. The minimum absolute atomic E-state index is 0.158. The predicted molar refractivity (Wildman–Crippen MR) is 73.2 cm³/mol. The van der Waals surface area contributed by atoms with Crippen molar-refractivity contribution in [2.24, 2.45) is 0 Å². The van der Waals surface area contributed by atoms with Crippen molar-refractivity contribution in [3.63, 3.8) is 0 Å². The minimum atomic E-state index is -0.404. The van der Waals surface area contributed by atoms with Gasteiger partial charge >= 0.3 is 0 Å². The van der Waals surface area contributed by atoms with Gasteiger partial charge in [0.15, 0.2) is 0 Å². The van der Waals surface area contributed by atoms with E-state index in [2.05, 4.69) is 15.2 Å². The molecule has 1 fully saturated rings. The van der Waals surface area contributed by atoms with E-state index in [4.69, 9.17) is 5.11 Å². The van der Waals surface area contributed by atoms with E-state index in [0.717, 1.165) is 26.2 Å². The highest BCUT2D eigenvalue weighted by Crippen LogP contribution is 2.01. The SMILES string of the molecule is O=C(CN1CCN(CCO)CC1)NC(=O)c1ccc[nH]1. The predicted octanol–water partition coefficient (Wildman–Crippen LogP) is -1.12. The Morgan fingerprint density at radius 2 is 1.95 bits per heavy atom. The molecule has 7 heteroatoms. The van der Waals surface area contributed by atoms with Crippen LogP contribution in [0.15, 0.2) is 18.3 Å². The second-order valence-electron chi connectivity index (χ2n) is 4.80. The molecule has 20 heavy (non-hydrogen) atoms. The second-order valence-corrected chi connectivity index (χ2v) is 4.80. The van der Waals surface area contributed by atoms with E-state index >= 15 is 0 Å². The highest BCUT2D eigenvalue weighted by Gasteiger charge is 2.19. The Morgan fingerprint density at radius 3 is 2.55 bits per heavy atom. The molecule has 0 bridgehead atoms. The third kappa shape index (κ3) is 4.16. The number of β-amino-alcohol motifs (C(OH)–C–C–N with tert-alkyl or cyclic N) is 1. The number of piperazine rings is 1. The maximum absolute atomic E-state index is 11.8. The Hall–Kier alpha value is -1.70. The molecule has 1 aromatic heterocycles. The van der Waals surface area contributed by atoms with Crippen LogP contribution < -0.4 is 5.32 Å². The Balaban J connectivity index is 1.71. The molecule has 2 amide bonds. The Bertz CT molecular complexity index is 438. The molecular formula is C13H20N4O3. The van der Waals surface area contributed by atoms with Crippen LogP contribution in [0.1, 0.15) is 10.5 Å². The fraction of sp³-hybridized carbons (Fsp3) is 0.538. The largest absolute Gasteiger partial charge is 0.395 e. The molecule has 0 aromatic carbocycles. The summed E-state index contributed by atoms with van der Waals surface area (Å²) in [6.45, 7) is 4.25. The van der Waals surface area contributed by atoms with Gasteiger partial charge in [0.1, 0.15) is 5.69 Å². The third-order valence-electron chi connectivity index (χ3n) is 3.34. The van der Waals surface area contributed by atoms with Gasteiger partial charge < -0.3 is 10.1 Å². The Morgan fingerprint density at radius 1 is 1.25 bits per heavy atom. The molecule has 110 valence electrons. The normalized spacial score (nSPS) is 17.1. The lowest BCUT2D eigenvalue weighted by atomic mass is 10.3. The number of hydrogen-bond acceptors (Lipinski definition) is 5. The lowest BCUT2D eigenvalue weighted by Gasteiger charge is -2.33. The molecule has 1 aliphatic rings. The van der Waals surface area contributed by atoms with Crippen LogP contribution in [0, 0.1) is 0 Å². The zero-order valence-corrected chi connectivity index (χ0v) is 11.3. The van der Waals surface area contributed by atoms with Gasteiger partial charge in [-0.05, 0) is 12.1 Å². The van der Waals surface area contributed by atoms with Gasteiger partial charge in [0.25, 0.3) is 5.91 Å². The molecule has 0 radical (unpaired) electrons. The van der Waals surface area contributed by atoms with Gasteiger partial charge in [0, 0.05) is 38.9 Å². The number of aromatic amines is 1. The fourth-order valence-corrected chi connectivity index (χ4v) is 2.22. The zero-order chi connectivity index (χ0) is 14.4. The first-order valence-electron chi connectivity index (χ1n) is 6.72. The summed E-state index contributed by atoms with van der Waals surface area (Å²) in [6.07, 6.45) is 1.64. The number of H-pyrrole nitrogens is 1. The van der Waals surface area contributed by atoms with Crippen molar-refractivity contribution in [2.45, 2.75) is 0 Å². The van der Waals surface area contributed by atoms with E-state index in [1.165, 1.54) is 0 Å². The zero-order valence-electron chi connectivity index (χ0n) is 11.3. The van der Waals surface area contributed by atoms with Crippen LogP contribution in [0.2, 0.25) is 0 Å². The maximum atomic E-state index is 11.8. The van der Waals surface area contributed by atoms with Crippen molar-refractivity contribution in [1.82, 2.24) is 20.1 Å². The van der Waals surface area contributed by atoms with Crippen molar-refractivity contribution >= 4 is 11.8 Å². The number of amides is 2. The van der Waals surface area contributed by atoms with E-state index in [1.807, 2.05) is 4.90 Å². The van der Waals surface area contributed by atoms with Crippen LogP contribution in [0.5, 0.6) is 0 Å². The number of aromatic nitrogens is 1. The van der Waals surface area contributed by atoms with Crippen LogP contribution in [0.25, 0.3) is 0 Å². The number of aliphatic hydroxyl groups excluding tert-OH is 1. The van der Waals surface area contributed by atoms with Crippen LogP contribution in [0.4, 0.5) is 0 Å². The molecule has 0 aliphatic carbocycles. The number of carbonyl (C=O) groups is 2. The third-order valence-corrected chi connectivity index (χ3v) is 3.34. The van der Waals surface area contributed by atoms with Crippen LogP contribution in [0.3, 0.4) is 0 Å². The number of nitrogens with zero attached hydrogens (tertiary/aromatic N) is 2. The van der Waals surface area contributed by atoms with Gasteiger partial charge in [0.2, 0.25) is 5.91 Å². The molecule has 2 heterocycles. The standard InChI is InChI=1S/C13H20N4O3/c18-9-8-16-4-6-17(7-5-16)10-12(19)15-13(20)11-2-1-3-14-11/h1-3,14,18H,4-10H2,(H,15,19,20). The van der Waals surface area contributed by atoms with Crippen molar-refractivity contribution in [2.75, 3.05) is 45.9 Å². The molecule has 1 aliphatic heterocycles. The quantitative estimate of drug-likeness (QED) is 0.636. The van der Waals surface area contributed by atoms with Gasteiger partial charge in [-0.15, -0.1) is 0 Å². The summed E-state index contributed by atoms with van der Waals surface area (Å²) in [5, 5.41) is 11.2. The van der Waals surface area contributed by atoms with E-state index < -0.39 is 5.91 Å². The average molecular weight is 280 g/mol. The smallest absolute Gasteiger partial charge is 0.274 e. The Kier molecular flexibility index (Phi) is 5.28. The molecule has 1 saturated heterocycles. The van der Waals surface area contributed by atoms with Crippen molar-refractivity contribution in [3.8, 4) is 0 Å². The van der Waals surface area contributed by atoms with E-state index in [-0.39, 0.29) is 19.1 Å². The van der Waals surface area contributed by atoms with E-state index in [1.54, 1.807) is 18.3 Å². The minimum Gasteiger partial charge on any atom is -0.395 e. The second kappa shape index (κ2) is 7.18. The van der Waals surface area contributed by atoms with Gasteiger partial charge in [-0.3, -0.25) is 24.7 Å². The lowest BCUT2D eigenvalue weighted by Crippen LogP contribution is -2.50. The Labute approximate surface area is 117 Å². The summed E-state index contributed by atoms with van der Waals surface area (Å²) in [5.41, 5.74) is 0.381. The molecule has 7 nitrogen and oxygen atoms in total. The maximum Gasteiger partial charge on any atom is 0.274 e. The molecule has 0 saturated carbocycles. The first kappa shape index (κ1) is 14.7. The number of carbonyl (C=O) groups excluding carboxylic acids is 2. The molecule has 2 rings (SSSR count). The van der Waals surface area contributed by atoms with Crippen molar-refractivity contribution < 1.29 is 14.7 Å². The van der Waals surface area contributed by atoms with Crippen LogP contribution in [-0.2, 0) is 4.79 Å². The van der Waals surface area contributed by atoms with E-state index in [0.29, 0.717) is 12.2 Å². The van der Waals surface area contributed by atoms with Crippen molar-refractivity contribution in [1.29, 1.82) is 0 Å². The molecule has 1 aromatic rings. The summed E-state index contributed by atoms with van der Waals surface area (Å²) >= 11 is 0. The van der Waals surface area contributed by atoms with E-state index in [9.17, 15) is 9.59 Å². The first-order valence-corrected chi connectivity index (χ1v) is 6.72. The van der Waals surface area contributed by atoms with Gasteiger partial charge in [-0.2, -0.15) is 0 Å². The highest BCUT2D eigenvalue weighted by molar-refractivity contribution is 6.04. The summed E-state index contributed by atoms with van der Waals surface area (Å²) in [6, 6.07) is 3.33. The molecule has 3 N–H and O–H groups in total. The lowest BCUT2D eigenvalue weighted by molar-refractivity contribution is -0.121. The van der Waals surface area contributed by atoms with Crippen LogP contribution in [-0.4, -0.2) is 77.6 Å². The number of imide groups is 1. The number of rotatable bonds is 5. The summed E-state index contributed by atoms with van der Waals surface area (Å²) < 4.78 is 0. The summed E-state index contributed by atoms with van der Waals surface area (Å²) in [5.74, 6) is -0.695. The molecule has 0 spiro atoms. The summed E-state index contributed by atoms with van der Waals surface area (Å²) in [7, 11) is 0. The molecule has 0 atom stereocenters. The fourth-order valence-electron chi connectivity index (χ4n) is 2.22. The summed E-state index contributed by atoms with van der Waals surface area (Å²) in [4.78, 5) is 30.4. The monoisotopic (exact) mass is 280 g/mol. The van der Waals surface area contributed by atoms with Gasteiger partial charge in [-0.1, -0.05) is 0 Å². The topological polar surface area (TPSA) is 88.7 Å². The van der Waals surface area contributed by atoms with Crippen molar-refractivity contribution in [3.05, 3.63) is 24.0 Å². The van der Waals surface area contributed by atoms with Gasteiger partial charge in [0.05, 0.1) is 13.2 Å². The number of nitrogens with one attached hydrogen (secondary N) is 2. The van der Waals surface area contributed by atoms with Gasteiger partial charge in [-0.25, -0.2) is 0 Å². The molecule has 0 unspecified atom stereocenters. The first-order chi connectivity index (χ1) is 9.69. The average Bonchev–Trinajstić information content (AvgIpc) is 2.95. The molecular weight excluding hydrogens is 260 g/mol.